The first-order valence-corrected chi connectivity index (χ1v) is 8.60. The van der Waals surface area contributed by atoms with Crippen LogP contribution >= 0.6 is 0 Å². The number of nitrogens with zero attached hydrogens (tertiary/aromatic N) is 1. The highest BCUT2D eigenvalue weighted by Gasteiger charge is 2.16. The minimum atomic E-state index is -0.0720. The van der Waals surface area contributed by atoms with E-state index in [1.807, 2.05) is 6.92 Å². The molecule has 0 heterocycles. The van der Waals surface area contributed by atoms with E-state index in [0.29, 0.717) is 6.54 Å². The number of hydroxylamine groups is 3. The molecule has 2 atom stereocenters. The van der Waals surface area contributed by atoms with Gasteiger partial charge < -0.3 is 9.85 Å². The van der Waals surface area contributed by atoms with Crippen molar-refractivity contribution in [3.8, 4) is 0 Å². The van der Waals surface area contributed by atoms with Crippen LogP contribution in [0.3, 0.4) is 0 Å². The molecule has 2 nitrogen and oxygen atoms in total. The van der Waals surface area contributed by atoms with Crippen molar-refractivity contribution in [2.24, 2.45) is 0 Å². The quantitative estimate of drug-likeness (QED) is 0.241. The van der Waals surface area contributed by atoms with Crippen LogP contribution in [0.25, 0.3) is 0 Å². The Morgan fingerprint density at radius 3 is 1.63 bits per heavy atom. The van der Waals surface area contributed by atoms with Crippen LogP contribution in [0.4, 0.5) is 0 Å². The summed E-state index contributed by atoms with van der Waals surface area (Å²) in [6, 6.07) is 0.263. The summed E-state index contributed by atoms with van der Waals surface area (Å²) in [6.07, 6.45) is 14.8. The molecule has 0 aromatic rings. The van der Waals surface area contributed by atoms with Gasteiger partial charge in [0, 0.05) is 0 Å². The van der Waals surface area contributed by atoms with Gasteiger partial charge in [-0.25, -0.2) is 0 Å². The molecule has 0 aromatic carbocycles. The smallest absolute Gasteiger partial charge is 0.0856 e. The van der Waals surface area contributed by atoms with Gasteiger partial charge in [-0.15, -0.1) is 0 Å². The van der Waals surface area contributed by atoms with E-state index in [1.165, 1.54) is 64.2 Å². The van der Waals surface area contributed by atoms with Crippen LogP contribution in [0.2, 0.25) is 0 Å². The van der Waals surface area contributed by atoms with Gasteiger partial charge in [0.15, 0.2) is 0 Å². The summed E-state index contributed by atoms with van der Waals surface area (Å²) >= 11 is 0. The third-order valence-corrected chi connectivity index (χ3v) is 4.54. The SMILES string of the molecule is CCCCCCCCCCCCC(C)[N+](C)([O-])CC. The zero-order chi connectivity index (χ0) is 14.6. The monoisotopic (exact) mass is 271 g/mol. The molecule has 0 aliphatic heterocycles. The van der Waals surface area contributed by atoms with E-state index in [4.69, 9.17) is 0 Å². The Morgan fingerprint density at radius 2 is 1.21 bits per heavy atom. The van der Waals surface area contributed by atoms with Gasteiger partial charge in [-0.05, 0) is 26.7 Å². The number of unbranched alkanes of at least 4 members (excludes halogenated alkanes) is 9. The molecule has 0 bridgehead atoms. The summed E-state index contributed by atoms with van der Waals surface area (Å²) in [6.45, 7) is 7.05. The van der Waals surface area contributed by atoms with Crippen molar-refractivity contribution in [1.29, 1.82) is 0 Å². The first kappa shape index (κ1) is 18.9. The van der Waals surface area contributed by atoms with Crippen LogP contribution in [0.15, 0.2) is 0 Å². The summed E-state index contributed by atoms with van der Waals surface area (Å²) in [5.74, 6) is 0. The third-order valence-electron chi connectivity index (χ3n) is 4.54. The Bertz CT molecular complexity index is 192. The fraction of sp³-hybridized carbons (Fsp3) is 1.00. The highest BCUT2D eigenvalue weighted by molar-refractivity contribution is 4.55. The standard InChI is InChI=1S/C17H37NO/c1-5-7-8-9-10-11-12-13-14-15-16-17(3)18(4,19)6-2/h17H,5-16H2,1-4H3. The molecule has 0 N–H and O–H groups in total. The lowest BCUT2D eigenvalue weighted by Crippen LogP contribution is -2.45. The maximum atomic E-state index is 12.0. The fourth-order valence-electron chi connectivity index (χ4n) is 2.51. The van der Waals surface area contributed by atoms with Gasteiger partial charge in [0.05, 0.1) is 19.6 Å². The Kier molecular flexibility index (Phi) is 11.7. The van der Waals surface area contributed by atoms with Crippen LogP contribution in [0, 0.1) is 5.21 Å². The van der Waals surface area contributed by atoms with Crippen LogP contribution in [-0.2, 0) is 0 Å². The van der Waals surface area contributed by atoms with E-state index < -0.39 is 0 Å². The molecule has 116 valence electrons. The fourth-order valence-corrected chi connectivity index (χ4v) is 2.51. The summed E-state index contributed by atoms with van der Waals surface area (Å²) in [7, 11) is 1.81. The lowest BCUT2D eigenvalue weighted by molar-refractivity contribution is -0.883. The molecule has 0 aliphatic carbocycles. The second-order valence-corrected chi connectivity index (χ2v) is 6.31. The highest BCUT2D eigenvalue weighted by atomic mass is 16.5. The molecule has 0 saturated heterocycles. The average molecular weight is 271 g/mol. The van der Waals surface area contributed by atoms with Crippen molar-refractivity contribution in [2.45, 2.75) is 97.4 Å². The predicted molar refractivity (Wildman–Crippen MR) is 86.0 cm³/mol. The van der Waals surface area contributed by atoms with Gasteiger partial charge in [0.25, 0.3) is 0 Å². The number of rotatable bonds is 13. The van der Waals surface area contributed by atoms with E-state index in [-0.39, 0.29) is 10.7 Å². The first-order valence-electron chi connectivity index (χ1n) is 8.60. The molecule has 0 rings (SSSR count). The molecule has 0 saturated carbocycles. The molecular formula is C17H37NO. The summed E-state index contributed by atoms with van der Waals surface area (Å²) in [5.41, 5.74) is 0. The second kappa shape index (κ2) is 11.7. The summed E-state index contributed by atoms with van der Waals surface area (Å²) < 4.78 is -0.0720. The predicted octanol–water partition coefficient (Wildman–Crippen LogP) is 5.65. The minimum absolute atomic E-state index is 0.0720. The van der Waals surface area contributed by atoms with E-state index in [2.05, 4.69) is 13.8 Å². The second-order valence-electron chi connectivity index (χ2n) is 6.31. The topological polar surface area (TPSA) is 23.1 Å². The number of hydrogen-bond donors (Lipinski definition) is 0. The van der Waals surface area contributed by atoms with Crippen LogP contribution in [-0.4, -0.2) is 24.3 Å². The molecular weight excluding hydrogens is 234 g/mol. The average Bonchev–Trinajstić information content (AvgIpc) is 2.40. The van der Waals surface area contributed by atoms with Gasteiger partial charge >= 0.3 is 0 Å². The molecule has 0 fully saturated rings. The van der Waals surface area contributed by atoms with Gasteiger partial charge in [0.2, 0.25) is 0 Å². The molecule has 0 amide bonds. The highest BCUT2D eigenvalue weighted by Crippen LogP contribution is 2.16. The maximum absolute atomic E-state index is 12.0. The molecule has 2 heteroatoms. The molecule has 2 unspecified atom stereocenters. The van der Waals surface area contributed by atoms with Crippen molar-refractivity contribution in [1.82, 2.24) is 0 Å². The van der Waals surface area contributed by atoms with Gasteiger partial charge in [-0.2, -0.15) is 0 Å². The number of hydrogen-bond acceptors (Lipinski definition) is 1. The zero-order valence-corrected chi connectivity index (χ0v) is 13.9. The first-order chi connectivity index (χ1) is 9.04. The van der Waals surface area contributed by atoms with Crippen molar-refractivity contribution in [3.63, 3.8) is 0 Å². The Hall–Kier alpha value is -0.0800. The third kappa shape index (κ3) is 10.4. The van der Waals surface area contributed by atoms with Crippen LogP contribution < -0.4 is 0 Å². The van der Waals surface area contributed by atoms with Crippen molar-refractivity contribution < 1.29 is 4.65 Å². The van der Waals surface area contributed by atoms with Gasteiger partial charge in [-0.1, -0.05) is 64.7 Å². The summed E-state index contributed by atoms with van der Waals surface area (Å²) in [4.78, 5) is 0. The van der Waals surface area contributed by atoms with E-state index in [1.54, 1.807) is 7.05 Å². The Labute approximate surface area is 121 Å². The largest absolute Gasteiger partial charge is 0.633 e. The molecule has 0 spiro atoms. The van der Waals surface area contributed by atoms with E-state index in [0.717, 1.165) is 6.42 Å². The normalized spacial score (nSPS) is 16.3. The van der Waals surface area contributed by atoms with Crippen molar-refractivity contribution in [2.75, 3.05) is 13.6 Å². The number of quaternary nitrogens is 1. The molecule has 19 heavy (non-hydrogen) atoms. The Morgan fingerprint density at radius 1 is 0.789 bits per heavy atom. The lowest BCUT2D eigenvalue weighted by atomic mass is 10.0. The zero-order valence-electron chi connectivity index (χ0n) is 13.9. The van der Waals surface area contributed by atoms with Gasteiger partial charge in [-0.3, -0.25) is 0 Å². The van der Waals surface area contributed by atoms with Crippen LogP contribution in [0.5, 0.6) is 0 Å². The van der Waals surface area contributed by atoms with E-state index >= 15 is 0 Å². The van der Waals surface area contributed by atoms with Crippen LogP contribution in [0.1, 0.15) is 91.4 Å². The molecule has 0 aliphatic rings. The van der Waals surface area contributed by atoms with E-state index in [9.17, 15) is 5.21 Å². The van der Waals surface area contributed by atoms with Crippen molar-refractivity contribution >= 4 is 0 Å². The Balaban J connectivity index is 3.27. The van der Waals surface area contributed by atoms with Gasteiger partial charge in [0.1, 0.15) is 0 Å². The lowest BCUT2D eigenvalue weighted by Gasteiger charge is -2.43. The molecule has 0 aromatic heterocycles. The minimum Gasteiger partial charge on any atom is -0.633 e. The van der Waals surface area contributed by atoms with Crippen molar-refractivity contribution in [3.05, 3.63) is 5.21 Å². The summed E-state index contributed by atoms with van der Waals surface area (Å²) in [5, 5.41) is 12.0. The maximum Gasteiger partial charge on any atom is 0.0856 e. The molecule has 0 radical (unpaired) electrons.